The van der Waals surface area contributed by atoms with Crippen LogP contribution in [0.15, 0.2) is 53.7 Å². The van der Waals surface area contributed by atoms with Crippen molar-refractivity contribution in [1.29, 1.82) is 0 Å². The maximum absolute atomic E-state index is 13.4. The molecule has 7 nitrogen and oxygen atoms in total. The second kappa shape index (κ2) is 9.34. The van der Waals surface area contributed by atoms with Crippen LogP contribution in [-0.2, 0) is 21.0 Å². The molecular weight excluding hydrogens is 457 g/mol. The minimum Gasteiger partial charge on any atom is -0.299 e. The Morgan fingerprint density at radius 2 is 1.79 bits per heavy atom. The van der Waals surface area contributed by atoms with Crippen LogP contribution in [-0.4, -0.2) is 39.7 Å². The highest BCUT2D eigenvalue weighted by Gasteiger charge is 2.35. The van der Waals surface area contributed by atoms with Gasteiger partial charge in [-0.15, -0.1) is 0 Å². The number of hydrogen-bond donors (Lipinski definition) is 0. The van der Waals surface area contributed by atoms with Crippen LogP contribution < -0.4 is 0 Å². The Hall–Kier alpha value is -3.21. The lowest BCUT2D eigenvalue weighted by molar-refractivity contribution is -0.140. The van der Waals surface area contributed by atoms with Gasteiger partial charge in [0.05, 0.1) is 4.90 Å². The quantitative estimate of drug-likeness (QED) is 0.494. The van der Waals surface area contributed by atoms with Gasteiger partial charge in [0, 0.05) is 42.3 Å². The number of benzene rings is 1. The van der Waals surface area contributed by atoms with Crippen LogP contribution in [0, 0.1) is 6.92 Å². The van der Waals surface area contributed by atoms with E-state index in [4.69, 9.17) is 0 Å². The van der Waals surface area contributed by atoms with Gasteiger partial charge in [-0.3, -0.25) is 14.3 Å². The highest BCUT2D eigenvalue weighted by Crippen LogP contribution is 2.33. The van der Waals surface area contributed by atoms with Crippen molar-refractivity contribution in [3.05, 3.63) is 60.2 Å². The molecule has 0 atom stereocenters. The molecule has 0 unspecified atom stereocenters. The van der Waals surface area contributed by atoms with Crippen molar-refractivity contribution in [3.8, 4) is 17.1 Å². The van der Waals surface area contributed by atoms with Gasteiger partial charge in [-0.05, 0) is 49.7 Å². The van der Waals surface area contributed by atoms with E-state index in [2.05, 4.69) is 9.97 Å². The van der Waals surface area contributed by atoms with Crippen molar-refractivity contribution in [2.24, 2.45) is 0 Å². The first-order valence-corrected chi connectivity index (χ1v) is 11.7. The number of sulfonamides is 1. The minimum absolute atomic E-state index is 0.0253. The molecule has 0 N–H and O–H groups in total. The summed E-state index contributed by atoms with van der Waals surface area (Å²) in [4.78, 5) is 19.9. The van der Waals surface area contributed by atoms with E-state index in [1.165, 1.54) is 35.0 Å². The number of nitrogens with zero attached hydrogens (tertiary/aromatic N) is 4. The van der Waals surface area contributed by atoms with Crippen molar-refractivity contribution >= 4 is 15.9 Å². The van der Waals surface area contributed by atoms with E-state index in [0.717, 1.165) is 10.5 Å². The van der Waals surface area contributed by atoms with E-state index >= 15 is 0 Å². The van der Waals surface area contributed by atoms with Crippen molar-refractivity contribution in [1.82, 2.24) is 18.8 Å². The Kier molecular flexibility index (Phi) is 6.92. The highest BCUT2D eigenvalue weighted by molar-refractivity contribution is 7.89. The fraction of sp³-hybridized carbons (Fsp3) is 0.318. The van der Waals surface area contributed by atoms with Gasteiger partial charge >= 0.3 is 6.18 Å². The molecule has 0 aliphatic rings. The molecule has 176 valence electrons. The Morgan fingerprint density at radius 3 is 2.33 bits per heavy atom. The Labute approximate surface area is 190 Å². The first kappa shape index (κ1) is 24.4. The van der Waals surface area contributed by atoms with Gasteiger partial charge in [0.1, 0.15) is 5.82 Å². The molecule has 0 radical (unpaired) electrons. The average molecular weight is 481 g/mol. The minimum atomic E-state index is -4.67. The summed E-state index contributed by atoms with van der Waals surface area (Å²) < 4.78 is 68.2. The number of carbonyl (C=O) groups excluding carboxylic acids is 1. The topological polar surface area (TPSA) is 85.2 Å². The predicted octanol–water partition coefficient (Wildman–Crippen LogP) is 4.60. The monoisotopic (exact) mass is 480 g/mol. The number of imidazole rings is 1. The Bertz CT molecular complexity index is 1250. The van der Waals surface area contributed by atoms with Gasteiger partial charge in [-0.25, -0.2) is 17.7 Å². The molecule has 33 heavy (non-hydrogen) atoms. The van der Waals surface area contributed by atoms with Crippen molar-refractivity contribution in [2.45, 2.75) is 44.7 Å². The van der Waals surface area contributed by atoms with E-state index in [1.54, 1.807) is 32.9 Å². The van der Waals surface area contributed by atoms with Crippen LogP contribution in [0.2, 0.25) is 0 Å². The highest BCUT2D eigenvalue weighted by atomic mass is 32.2. The molecule has 0 saturated heterocycles. The van der Waals surface area contributed by atoms with Gasteiger partial charge in [0.15, 0.2) is 5.69 Å². The number of halogens is 3. The first-order valence-electron chi connectivity index (χ1n) is 10.2. The molecule has 2 aromatic heterocycles. The predicted molar refractivity (Wildman–Crippen MR) is 116 cm³/mol. The van der Waals surface area contributed by atoms with Crippen LogP contribution >= 0.6 is 0 Å². The zero-order valence-electron chi connectivity index (χ0n) is 18.3. The zero-order chi connectivity index (χ0) is 24.4. The number of aromatic nitrogens is 3. The molecular formula is C22H23F3N4O3S. The van der Waals surface area contributed by atoms with E-state index in [1.807, 2.05) is 0 Å². The number of alkyl halides is 3. The molecule has 0 aliphatic carbocycles. The number of hydrogen-bond acceptors (Lipinski definition) is 5. The summed E-state index contributed by atoms with van der Waals surface area (Å²) in [6.07, 6.45) is -1.81. The standard InChI is InChI=1S/C22H23F3N4O3S/c1-4-13-29(20(30)5-2)33(31,32)17-10-8-16(9-11-17)28-14-19(22(23,24)25)27-21(28)18-7-6-12-26-15(18)3/h6-12,14H,4-5,13H2,1-3H3. The Balaban J connectivity index is 2.09. The number of amides is 1. The van der Waals surface area contributed by atoms with Gasteiger partial charge in [-0.2, -0.15) is 13.2 Å². The molecule has 0 aliphatic heterocycles. The second-order valence-electron chi connectivity index (χ2n) is 7.27. The summed E-state index contributed by atoms with van der Waals surface area (Å²) in [5.41, 5.74) is 0.0945. The molecule has 0 bridgehead atoms. The number of rotatable bonds is 7. The molecule has 0 saturated carbocycles. The van der Waals surface area contributed by atoms with Crippen LogP contribution in [0.5, 0.6) is 0 Å². The maximum atomic E-state index is 13.4. The summed E-state index contributed by atoms with van der Waals surface area (Å²) in [7, 11) is -4.09. The summed E-state index contributed by atoms with van der Waals surface area (Å²) in [6, 6.07) is 8.50. The third-order valence-electron chi connectivity index (χ3n) is 4.95. The third kappa shape index (κ3) is 4.92. The number of carbonyl (C=O) groups is 1. The van der Waals surface area contributed by atoms with E-state index < -0.39 is 27.8 Å². The van der Waals surface area contributed by atoms with Gasteiger partial charge in [0.2, 0.25) is 5.91 Å². The lowest BCUT2D eigenvalue weighted by Crippen LogP contribution is -2.37. The van der Waals surface area contributed by atoms with Crippen LogP contribution in [0.1, 0.15) is 38.1 Å². The van der Waals surface area contributed by atoms with Crippen molar-refractivity contribution < 1.29 is 26.4 Å². The first-order chi connectivity index (χ1) is 15.5. The lowest BCUT2D eigenvalue weighted by Gasteiger charge is -2.21. The van der Waals surface area contributed by atoms with Crippen LogP contribution in [0.3, 0.4) is 0 Å². The summed E-state index contributed by atoms with van der Waals surface area (Å²) in [6.45, 7) is 5.03. The summed E-state index contributed by atoms with van der Waals surface area (Å²) in [5.74, 6) is -0.503. The number of aryl methyl sites for hydroxylation is 1. The largest absolute Gasteiger partial charge is 0.434 e. The molecule has 3 rings (SSSR count). The fourth-order valence-electron chi connectivity index (χ4n) is 3.29. The van der Waals surface area contributed by atoms with E-state index in [0.29, 0.717) is 17.7 Å². The van der Waals surface area contributed by atoms with Crippen LogP contribution in [0.4, 0.5) is 13.2 Å². The number of pyridine rings is 1. The Morgan fingerprint density at radius 1 is 1.12 bits per heavy atom. The molecule has 0 fully saturated rings. The van der Waals surface area contributed by atoms with Crippen LogP contribution in [0.25, 0.3) is 17.1 Å². The van der Waals surface area contributed by atoms with E-state index in [9.17, 15) is 26.4 Å². The molecule has 1 amide bonds. The molecule has 2 heterocycles. The van der Waals surface area contributed by atoms with E-state index in [-0.39, 0.29) is 29.4 Å². The maximum Gasteiger partial charge on any atom is 0.434 e. The fourth-order valence-corrected chi connectivity index (χ4v) is 4.84. The average Bonchev–Trinajstić information content (AvgIpc) is 3.23. The van der Waals surface area contributed by atoms with Gasteiger partial charge in [-0.1, -0.05) is 13.8 Å². The third-order valence-corrected chi connectivity index (χ3v) is 6.79. The van der Waals surface area contributed by atoms with Gasteiger partial charge < -0.3 is 0 Å². The van der Waals surface area contributed by atoms with Gasteiger partial charge in [0.25, 0.3) is 10.0 Å². The summed E-state index contributed by atoms with van der Waals surface area (Å²) in [5, 5.41) is 0. The van der Waals surface area contributed by atoms with Crippen molar-refractivity contribution in [3.63, 3.8) is 0 Å². The van der Waals surface area contributed by atoms with Crippen molar-refractivity contribution in [2.75, 3.05) is 6.54 Å². The molecule has 0 spiro atoms. The summed E-state index contributed by atoms with van der Waals surface area (Å²) >= 11 is 0. The molecule has 3 aromatic rings. The SMILES string of the molecule is CCCN(C(=O)CC)S(=O)(=O)c1ccc(-n2cc(C(F)(F)F)nc2-c2cccnc2C)cc1. The second-order valence-corrected chi connectivity index (χ2v) is 9.13. The molecule has 1 aromatic carbocycles. The smallest absolute Gasteiger partial charge is 0.299 e. The normalized spacial score (nSPS) is 12.1. The lowest BCUT2D eigenvalue weighted by atomic mass is 10.2. The molecule has 11 heteroatoms. The zero-order valence-corrected chi connectivity index (χ0v) is 19.1.